The molecule has 1 unspecified atom stereocenters. The molecule has 2 N–H and O–H groups in total. The first-order chi connectivity index (χ1) is 10.5. The molecule has 3 rings (SSSR count). The minimum Gasteiger partial charge on any atom is -0.478 e. The molecule has 0 radical (unpaired) electrons. The highest BCUT2D eigenvalue weighted by molar-refractivity contribution is 5.87. The number of rotatable bonds is 4. The van der Waals surface area contributed by atoms with E-state index in [0.29, 0.717) is 11.5 Å². The molecule has 3 nitrogen and oxygen atoms in total. The van der Waals surface area contributed by atoms with E-state index in [1.165, 1.54) is 11.3 Å². The number of nitrogens with one attached hydrogen (secondary N) is 1. The van der Waals surface area contributed by atoms with Gasteiger partial charge in [-0.25, -0.2) is 4.79 Å². The summed E-state index contributed by atoms with van der Waals surface area (Å²) in [6, 6.07) is 15.7. The minimum atomic E-state index is -0.872. The summed E-state index contributed by atoms with van der Waals surface area (Å²) >= 11 is 0. The molecule has 0 bridgehead atoms. The van der Waals surface area contributed by atoms with E-state index in [9.17, 15) is 4.79 Å². The number of carboxylic acid groups (broad SMARTS) is 1. The second-order valence-electron chi connectivity index (χ2n) is 6.45. The van der Waals surface area contributed by atoms with Crippen molar-refractivity contribution in [3.63, 3.8) is 0 Å². The van der Waals surface area contributed by atoms with Crippen LogP contribution in [0.1, 0.15) is 35.3 Å². The van der Waals surface area contributed by atoms with Crippen LogP contribution in [0.25, 0.3) is 0 Å². The zero-order valence-electron chi connectivity index (χ0n) is 13.0. The van der Waals surface area contributed by atoms with Crippen molar-refractivity contribution in [2.24, 2.45) is 5.92 Å². The highest BCUT2D eigenvalue weighted by Gasteiger charge is 2.39. The molecule has 22 heavy (non-hydrogen) atoms. The normalized spacial score (nSPS) is 19.8. The van der Waals surface area contributed by atoms with Gasteiger partial charge >= 0.3 is 5.97 Å². The van der Waals surface area contributed by atoms with E-state index < -0.39 is 5.97 Å². The molecule has 1 aliphatic rings. The van der Waals surface area contributed by atoms with E-state index in [4.69, 9.17) is 5.11 Å². The Morgan fingerprint density at radius 2 is 2.00 bits per heavy atom. The third-order valence-corrected chi connectivity index (χ3v) is 4.71. The molecule has 0 fully saturated rings. The Hall–Kier alpha value is -2.29. The van der Waals surface area contributed by atoms with Crippen molar-refractivity contribution < 1.29 is 9.90 Å². The number of para-hydroxylation sites is 1. The molecule has 1 atom stereocenters. The number of benzene rings is 2. The van der Waals surface area contributed by atoms with Gasteiger partial charge in [0, 0.05) is 11.2 Å². The highest BCUT2D eigenvalue weighted by Crippen LogP contribution is 2.39. The molecule has 0 aromatic heterocycles. The second-order valence-corrected chi connectivity index (χ2v) is 6.45. The number of hydrogen-bond donors (Lipinski definition) is 2. The quantitative estimate of drug-likeness (QED) is 0.896. The van der Waals surface area contributed by atoms with Crippen LogP contribution in [0.5, 0.6) is 0 Å². The average Bonchev–Trinajstić information content (AvgIpc) is 2.87. The Labute approximate surface area is 131 Å². The molecule has 114 valence electrons. The first-order valence-corrected chi connectivity index (χ1v) is 7.68. The van der Waals surface area contributed by atoms with E-state index >= 15 is 0 Å². The fraction of sp³-hybridized carbons (Fsp3) is 0.316. The molecular weight excluding hydrogens is 274 g/mol. The van der Waals surface area contributed by atoms with Crippen molar-refractivity contribution in [2.75, 3.05) is 5.32 Å². The molecule has 2 aromatic rings. The third-order valence-electron chi connectivity index (χ3n) is 4.71. The second kappa shape index (κ2) is 5.48. The predicted octanol–water partition coefficient (Wildman–Crippen LogP) is 3.99. The van der Waals surface area contributed by atoms with Crippen LogP contribution in [-0.4, -0.2) is 16.6 Å². The number of carbonyl (C=O) groups is 1. The summed E-state index contributed by atoms with van der Waals surface area (Å²) in [5, 5.41) is 12.9. The Morgan fingerprint density at radius 1 is 1.23 bits per heavy atom. The number of aromatic carboxylic acids is 1. The maximum Gasteiger partial charge on any atom is 0.335 e. The zero-order valence-corrected chi connectivity index (χ0v) is 13.0. The molecule has 0 aliphatic carbocycles. The topological polar surface area (TPSA) is 49.3 Å². The standard InChI is InChI=1S/C19H21NO2/c1-13(2)19(12-16-7-3-4-9-17(16)20-19)11-14-6-5-8-15(10-14)18(21)22/h3-10,13,20H,11-12H2,1-2H3,(H,21,22). The van der Waals surface area contributed by atoms with Gasteiger partial charge in [-0.1, -0.05) is 44.2 Å². The Bertz CT molecular complexity index is 681. The van der Waals surface area contributed by atoms with Crippen LogP contribution in [0.2, 0.25) is 0 Å². The molecule has 3 heteroatoms. The van der Waals surface area contributed by atoms with Crippen LogP contribution in [0.3, 0.4) is 0 Å². The van der Waals surface area contributed by atoms with Crippen molar-refractivity contribution >= 4 is 11.7 Å². The Balaban J connectivity index is 1.91. The lowest BCUT2D eigenvalue weighted by Gasteiger charge is -2.35. The van der Waals surface area contributed by atoms with Crippen molar-refractivity contribution in [1.29, 1.82) is 0 Å². The van der Waals surface area contributed by atoms with E-state index in [0.717, 1.165) is 18.4 Å². The predicted molar refractivity (Wildman–Crippen MR) is 88.4 cm³/mol. The van der Waals surface area contributed by atoms with Gasteiger partial charge in [0.05, 0.1) is 5.56 Å². The monoisotopic (exact) mass is 295 g/mol. The summed E-state index contributed by atoms with van der Waals surface area (Å²) in [7, 11) is 0. The van der Waals surface area contributed by atoms with Crippen molar-refractivity contribution in [2.45, 2.75) is 32.2 Å². The van der Waals surface area contributed by atoms with Gasteiger partial charge in [-0.15, -0.1) is 0 Å². The molecular formula is C19H21NO2. The number of fused-ring (bicyclic) bond motifs is 1. The SMILES string of the molecule is CC(C)C1(Cc2cccc(C(=O)O)c2)Cc2ccccc2N1. The average molecular weight is 295 g/mol. The lowest BCUT2D eigenvalue weighted by Crippen LogP contribution is -2.44. The number of hydrogen-bond acceptors (Lipinski definition) is 2. The Kier molecular flexibility index (Phi) is 3.65. The molecule has 2 aromatic carbocycles. The van der Waals surface area contributed by atoms with E-state index in [1.54, 1.807) is 12.1 Å². The third kappa shape index (κ3) is 2.59. The summed E-state index contributed by atoms with van der Waals surface area (Å²) in [6.45, 7) is 4.44. The fourth-order valence-corrected chi connectivity index (χ4v) is 3.29. The van der Waals surface area contributed by atoms with Gasteiger partial charge in [0.1, 0.15) is 0 Å². The summed E-state index contributed by atoms with van der Waals surface area (Å²) in [5.41, 5.74) is 3.90. The van der Waals surface area contributed by atoms with Gasteiger partial charge < -0.3 is 10.4 Å². The van der Waals surface area contributed by atoms with Crippen molar-refractivity contribution in [1.82, 2.24) is 0 Å². The fourth-order valence-electron chi connectivity index (χ4n) is 3.29. The molecule has 0 saturated carbocycles. The van der Waals surface area contributed by atoms with Crippen molar-refractivity contribution in [3.05, 3.63) is 65.2 Å². The molecule has 0 saturated heterocycles. The Morgan fingerprint density at radius 3 is 2.68 bits per heavy atom. The van der Waals surface area contributed by atoms with Crippen LogP contribution in [0, 0.1) is 5.92 Å². The van der Waals surface area contributed by atoms with E-state index in [1.807, 2.05) is 18.2 Å². The largest absolute Gasteiger partial charge is 0.478 e. The maximum absolute atomic E-state index is 11.2. The lowest BCUT2D eigenvalue weighted by atomic mass is 9.78. The van der Waals surface area contributed by atoms with Gasteiger partial charge in [-0.3, -0.25) is 0 Å². The van der Waals surface area contributed by atoms with Crippen LogP contribution in [0.4, 0.5) is 5.69 Å². The minimum absolute atomic E-state index is 0.0547. The van der Waals surface area contributed by atoms with Crippen molar-refractivity contribution in [3.8, 4) is 0 Å². The highest BCUT2D eigenvalue weighted by atomic mass is 16.4. The van der Waals surface area contributed by atoms with Crippen LogP contribution >= 0.6 is 0 Å². The first kappa shape index (κ1) is 14.6. The van der Waals surface area contributed by atoms with Gasteiger partial charge in [-0.2, -0.15) is 0 Å². The number of anilines is 1. The summed E-state index contributed by atoms with van der Waals surface area (Å²) in [6.07, 6.45) is 1.79. The molecule has 0 spiro atoms. The van der Waals surface area contributed by atoms with Crippen LogP contribution in [0.15, 0.2) is 48.5 Å². The molecule has 1 aliphatic heterocycles. The van der Waals surface area contributed by atoms with Gasteiger partial charge in [0.2, 0.25) is 0 Å². The van der Waals surface area contributed by atoms with E-state index in [2.05, 4.69) is 37.4 Å². The van der Waals surface area contributed by atoms with Gasteiger partial charge in [-0.05, 0) is 48.1 Å². The molecule has 0 amide bonds. The molecule has 1 heterocycles. The van der Waals surface area contributed by atoms with Gasteiger partial charge in [0.15, 0.2) is 0 Å². The maximum atomic E-state index is 11.2. The van der Waals surface area contributed by atoms with E-state index in [-0.39, 0.29) is 5.54 Å². The number of carboxylic acids is 1. The summed E-state index contributed by atoms with van der Waals surface area (Å²) < 4.78 is 0. The van der Waals surface area contributed by atoms with Gasteiger partial charge in [0.25, 0.3) is 0 Å². The van der Waals surface area contributed by atoms with Crippen LogP contribution < -0.4 is 5.32 Å². The van der Waals surface area contributed by atoms with Crippen LogP contribution in [-0.2, 0) is 12.8 Å². The zero-order chi connectivity index (χ0) is 15.7. The summed E-state index contributed by atoms with van der Waals surface area (Å²) in [4.78, 5) is 11.2. The smallest absolute Gasteiger partial charge is 0.335 e. The summed E-state index contributed by atoms with van der Waals surface area (Å²) in [5.74, 6) is -0.434. The first-order valence-electron chi connectivity index (χ1n) is 7.68. The lowest BCUT2D eigenvalue weighted by molar-refractivity contribution is 0.0696.